The zero-order valence-corrected chi connectivity index (χ0v) is 15.9. The van der Waals surface area contributed by atoms with Crippen molar-refractivity contribution in [2.75, 3.05) is 0 Å². The fraction of sp³-hybridized carbons (Fsp3) is 0. The second kappa shape index (κ2) is 4.64. The Balaban J connectivity index is 1.77. The van der Waals surface area contributed by atoms with Crippen molar-refractivity contribution >= 4 is 113 Å². The topological polar surface area (TPSA) is 98.9 Å². The van der Waals surface area contributed by atoms with E-state index in [0.29, 0.717) is 28.4 Å². The molecule has 9 rings (SSSR count). The van der Waals surface area contributed by atoms with Gasteiger partial charge in [0, 0.05) is 26.9 Å². The molecular weight excluding hydrogens is 400 g/mol. The highest BCUT2D eigenvalue weighted by atomic mass is 15.0. The second-order valence-electron chi connectivity index (χ2n) is 7.91. The number of aliphatic imine (C=N–C) groups is 8. The summed E-state index contributed by atoms with van der Waals surface area (Å²) >= 11 is 0. The summed E-state index contributed by atoms with van der Waals surface area (Å²) in [5, 5.41) is 7.86. The van der Waals surface area contributed by atoms with Crippen molar-refractivity contribution in [3.8, 4) is 0 Å². The van der Waals surface area contributed by atoms with Gasteiger partial charge in [0.05, 0.1) is 0 Å². The average Bonchev–Trinajstić information content (AvgIpc) is 3.58. The Bertz CT molecular complexity index is 2110. The van der Waals surface area contributed by atoms with Gasteiger partial charge < -0.3 is 0 Å². The van der Waals surface area contributed by atoms with Gasteiger partial charge in [-0.2, -0.15) is 39.9 Å². The van der Waals surface area contributed by atoms with Crippen LogP contribution in [0.1, 0.15) is 0 Å². The minimum absolute atomic E-state index is 0.651. The normalized spacial score (nSPS) is 15.0. The first kappa shape index (κ1) is 14.8. The van der Waals surface area contributed by atoms with Crippen molar-refractivity contribution in [2.24, 2.45) is 39.9 Å². The maximum Gasteiger partial charge on any atom is 0.129 e. The van der Waals surface area contributed by atoms with E-state index in [1.165, 1.54) is 0 Å². The van der Waals surface area contributed by atoms with Gasteiger partial charge in [-0.25, -0.2) is 0 Å². The molecule has 0 bridgehead atoms. The third-order valence-corrected chi connectivity index (χ3v) is 6.54. The number of hydrogen-bond donors (Lipinski definition) is 0. The van der Waals surface area contributed by atoms with Crippen molar-refractivity contribution in [1.29, 1.82) is 0 Å². The molecule has 0 amide bonds. The van der Waals surface area contributed by atoms with Gasteiger partial charge in [-0.1, -0.05) is 18.2 Å². The molecule has 8 nitrogen and oxygen atoms in total. The molecule has 0 saturated heterocycles. The van der Waals surface area contributed by atoms with Crippen LogP contribution in [-0.2, 0) is 0 Å². The summed E-state index contributed by atoms with van der Waals surface area (Å²) in [5.74, 6) is 0. The SMILES string of the molecule is C1=Nc2c3c(c4c5cccc6cc7c(c(c8c9c(c(c2c48)N=1)N=C=N9)c65)N=C=N7)N=C=N3. The first-order valence-electron chi connectivity index (χ1n) is 9.90. The smallest absolute Gasteiger partial charge is 0.129 e. The summed E-state index contributed by atoms with van der Waals surface area (Å²) in [6.07, 6.45) is 0. The molecule has 32 heavy (non-hydrogen) atoms. The predicted octanol–water partition coefficient (Wildman–Crippen LogP) is 7.54. The van der Waals surface area contributed by atoms with Gasteiger partial charge in [-0.05, 0) is 22.2 Å². The fourth-order valence-electron chi connectivity index (χ4n) is 5.40. The molecule has 0 radical (unpaired) electrons. The molecule has 4 heterocycles. The standard InChI is InChI=1S/C24H4N8/c1-2-9-4-11-18(26-5-25-11)15-12(9)10(3-1)13-14-16(15)20-24(32-8-28-20)22-17(14)21(29-6-30-22)23-19(13)27-7-31-23/h1-4H. The van der Waals surface area contributed by atoms with E-state index in [0.717, 1.165) is 60.2 Å². The second-order valence-corrected chi connectivity index (χ2v) is 7.91. The van der Waals surface area contributed by atoms with Crippen LogP contribution in [0, 0.1) is 0 Å². The summed E-state index contributed by atoms with van der Waals surface area (Å²) in [4.78, 5) is 35.7. The summed E-state index contributed by atoms with van der Waals surface area (Å²) in [5.41, 5.74) is 5.69. The lowest BCUT2D eigenvalue weighted by Gasteiger charge is -2.21. The quantitative estimate of drug-likeness (QED) is 0.184. The lowest BCUT2D eigenvalue weighted by Crippen LogP contribution is -1.91. The van der Waals surface area contributed by atoms with E-state index in [1.807, 2.05) is 12.1 Å². The van der Waals surface area contributed by atoms with Gasteiger partial charge >= 0.3 is 0 Å². The van der Waals surface area contributed by atoms with Crippen molar-refractivity contribution in [3.05, 3.63) is 24.3 Å². The lowest BCUT2D eigenvalue weighted by molar-refractivity contribution is 1.45. The zero-order chi connectivity index (χ0) is 20.6. The van der Waals surface area contributed by atoms with Crippen LogP contribution < -0.4 is 0 Å². The molecular formula is C24H4N8. The zero-order valence-electron chi connectivity index (χ0n) is 15.9. The molecule has 0 N–H and O–H groups in total. The van der Waals surface area contributed by atoms with Crippen LogP contribution in [0.3, 0.4) is 0 Å². The highest BCUT2D eigenvalue weighted by Gasteiger charge is 2.32. The van der Waals surface area contributed by atoms with Crippen molar-refractivity contribution in [3.63, 3.8) is 0 Å². The third-order valence-electron chi connectivity index (χ3n) is 6.54. The molecule has 8 heteroatoms. The molecule has 4 aliphatic heterocycles. The Morgan fingerprint density at radius 3 is 1.75 bits per heavy atom. The Hall–Kier alpha value is -5.08. The van der Waals surface area contributed by atoms with Gasteiger partial charge in [0.25, 0.3) is 0 Å². The van der Waals surface area contributed by atoms with Crippen molar-refractivity contribution in [1.82, 2.24) is 0 Å². The molecule has 5 aromatic carbocycles. The largest absolute Gasteiger partial charge is 0.185 e. The lowest BCUT2D eigenvalue weighted by atomic mass is 9.85. The van der Waals surface area contributed by atoms with Crippen LogP contribution >= 0.6 is 0 Å². The fourth-order valence-corrected chi connectivity index (χ4v) is 5.40. The minimum Gasteiger partial charge on any atom is -0.185 e. The molecule has 4 aliphatic rings. The Morgan fingerprint density at radius 2 is 1.00 bits per heavy atom. The summed E-state index contributed by atoms with van der Waals surface area (Å²) in [6, 6.07) is 19.4. The molecule has 0 unspecified atom stereocenters. The molecule has 0 atom stereocenters. The van der Waals surface area contributed by atoms with E-state index in [-0.39, 0.29) is 0 Å². The number of rotatable bonds is 0. The van der Waals surface area contributed by atoms with E-state index < -0.39 is 0 Å². The van der Waals surface area contributed by atoms with E-state index in [9.17, 15) is 0 Å². The van der Waals surface area contributed by atoms with Crippen molar-refractivity contribution in [2.45, 2.75) is 0 Å². The molecule has 0 fully saturated rings. The first-order chi connectivity index (χ1) is 15.9. The molecule has 0 aromatic heterocycles. The van der Waals surface area contributed by atoms with Gasteiger partial charge in [0.1, 0.15) is 69.5 Å². The third kappa shape index (κ3) is 1.40. The maximum atomic E-state index is 4.54. The van der Waals surface area contributed by atoms with E-state index in [1.54, 1.807) is 0 Å². The number of benzene rings is 5. The number of fused-ring (bicyclic) bond motifs is 10. The van der Waals surface area contributed by atoms with Crippen LogP contribution in [0.5, 0.6) is 0 Å². The minimum atomic E-state index is 0.651. The highest BCUT2D eigenvalue weighted by Crippen LogP contribution is 2.63. The van der Waals surface area contributed by atoms with Crippen LogP contribution in [0.2, 0.25) is 0 Å². The monoisotopic (exact) mass is 404 g/mol. The van der Waals surface area contributed by atoms with E-state index in [2.05, 4.69) is 76.1 Å². The molecule has 5 aromatic rings. The van der Waals surface area contributed by atoms with Gasteiger partial charge in [0.15, 0.2) is 0 Å². The highest BCUT2D eigenvalue weighted by molar-refractivity contribution is 6.44. The Labute approximate surface area is 177 Å². The summed E-state index contributed by atoms with van der Waals surface area (Å²) < 4.78 is 0. The Morgan fingerprint density at radius 1 is 0.438 bits per heavy atom. The number of hydrogen-bond acceptors (Lipinski definition) is 8. The van der Waals surface area contributed by atoms with Gasteiger partial charge in [-0.15, -0.1) is 0 Å². The van der Waals surface area contributed by atoms with Crippen molar-refractivity contribution < 1.29 is 0 Å². The van der Waals surface area contributed by atoms with Crippen LogP contribution in [0.25, 0.3) is 43.1 Å². The van der Waals surface area contributed by atoms with E-state index >= 15 is 0 Å². The van der Waals surface area contributed by atoms with Gasteiger partial charge in [-0.3, -0.25) is 0 Å². The van der Waals surface area contributed by atoms with Crippen LogP contribution in [0.4, 0.5) is 45.5 Å². The molecule has 0 aliphatic carbocycles. The van der Waals surface area contributed by atoms with Gasteiger partial charge in [0.2, 0.25) is 0 Å². The first-order valence-corrected chi connectivity index (χ1v) is 9.90. The number of nitrogens with zero attached hydrogens (tertiary/aromatic N) is 8. The van der Waals surface area contributed by atoms with E-state index in [4.69, 9.17) is 0 Å². The predicted molar refractivity (Wildman–Crippen MR) is 124 cm³/mol. The molecule has 0 saturated carbocycles. The molecule has 140 valence electrons. The van der Waals surface area contributed by atoms with Crippen LogP contribution in [-0.4, -0.2) is 24.0 Å². The van der Waals surface area contributed by atoms with Crippen LogP contribution in [0.15, 0.2) is 64.2 Å². The molecule has 0 spiro atoms. The summed E-state index contributed by atoms with van der Waals surface area (Å²) in [7, 11) is 0. The average molecular weight is 404 g/mol. The maximum absolute atomic E-state index is 4.54. The Kier molecular flexibility index (Phi) is 2.15. The summed E-state index contributed by atoms with van der Waals surface area (Å²) in [6.45, 7) is 0.